The van der Waals surface area contributed by atoms with Crippen LogP contribution in [-0.2, 0) is 13.5 Å². The lowest BCUT2D eigenvalue weighted by atomic mass is 9.89. The molecule has 14 heavy (non-hydrogen) atoms. The SMILES string of the molecule is Cc1c2c(nn1C)CCC2C(C)CN. The molecule has 0 saturated carbocycles. The highest BCUT2D eigenvalue weighted by Gasteiger charge is 2.31. The van der Waals surface area contributed by atoms with E-state index in [-0.39, 0.29) is 0 Å². The molecule has 2 unspecified atom stereocenters. The van der Waals surface area contributed by atoms with Crippen molar-refractivity contribution >= 4 is 0 Å². The third-order valence-corrected chi connectivity index (χ3v) is 3.58. The maximum absolute atomic E-state index is 5.74. The normalized spacial score (nSPS) is 22.4. The first-order valence-corrected chi connectivity index (χ1v) is 5.37. The van der Waals surface area contributed by atoms with E-state index in [1.54, 1.807) is 0 Å². The zero-order chi connectivity index (χ0) is 10.3. The van der Waals surface area contributed by atoms with Gasteiger partial charge in [-0.3, -0.25) is 4.68 Å². The number of hydrogen-bond acceptors (Lipinski definition) is 2. The first kappa shape index (κ1) is 9.71. The Labute approximate surface area is 85.3 Å². The van der Waals surface area contributed by atoms with Crippen LogP contribution >= 0.6 is 0 Å². The van der Waals surface area contributed by atoms with Crippen molar-refractivity contribution in [2.45, 2.75) is 32.6 Å². The molecule has 78 valence electrons. The number of aromatic nitrogens is 2. The summed E-state index contributed by atoms with van der Waals surface area (Å²) < 4.78 is 2.00. The Hall–Kier alpha value is -0.830. The molecular formula is C11H19N3. The third-order valence-electron chi connectivity index (χ3n) is 3.58. The predicted octanol–water partition coefficient (Wildman–Crippen LogP) is 1.35. The number of hydrogen-bond donors (Lipinski definition) is 1. The van der Waals surface area contributed by atoms with Gasteiger partial charge in [-0.15, -0.1) is 0 Å². The largest absolute Gasteiger partial charge is 0.330 e. The zero-order valence-electron chi connectivity index (χ0n) is 9.25. The van der Waals surface area contributed by atoms with E-state index in [2.05, 4.69) is 18.9 Å². The second kappa shape index (κ2) is 3.39. The molecule has 0 spiro atoms. The quantitative estimate of drug-likeness (QED) is 0.770. The lowest BCUT2D eigenvalue weighted by Gasteiger charge is -2.18. The number of aryl methyl sites for hydroxylation is 2. The molecule has 0 aromatic carbocycles. The first-order chi connectivity index (χ1) is 6.65. The van der Waals surface area contributed by atoms with Crippen molar-refractivity contribution in [1.82, 2.24) is 9.78 Å². The van der Waals surface area contributed by atoms with Crippen molar-refractivity contribution in [3.05, 3.63) is 17.0 Å². The van der Waals surface area contributed by atoms with E-state index in [9.17, 15) is 0 Å². The molecule has 1 aliphatic rings. The Morgan fingerprint density at radius 2 is 2.36 bits per heavy atom. The highest BCUT2D eigenvalue weighted by atomic mass is 15.3. The monoisotopic (exact) mass is 193 g/mol. The summed E-state index contributed by atoms with van der Waals surface area (Å²) in [6.45, 7) is 5.18. The molecule has 3 nitrogen and oxygen atoms in total. The van der Waals surface area contributed by atoms with Crippen LogP contribution in [0.1, 0.15) is 36.2 Å². The maximum Gasteiger partial charge on any atom is 0.0662 e. The van der Waals surface area contributed by atoms with Crippen molar-refractivity contribution in [2.75, 3.05) is 6.54 Å². The number of fused-ring (bicyclic) bond motifs is 1. The van der Waals surface area contributed by atoms with Crippen LogP contribution in [0.25, 0.3) is 0 Å². The molecule has 1 aliphatic carbocycles. The number of nitrogens with zero attached hydrogens (tertiary/aromatic N) is 2. The van der Waals surface area contributed by atoms with Crippen molar-refractivity contribution in [3.63, 3.8) is 0 Å². The van der Waals surface area contributed by atoms with Crippen LogP contribution < -0.4 is 5.73 Å². The van der Waals surface area contributed by atoms with E-state index in [4.69, 9.17) is 5.73 Å². The van der Waals surface area contributed by atoms with Gasteiger partial charge in [-0.05, 0) is 43.7 Å². The van der Waals surface area contributed by atoms with Crippen LogP contribution in [-0.4, -0.2) is 16.3 Å². The summed E-state index contributed by atoms with van der Waals surface area (Å²) in [6.07, 6.45) is 2.36. The summed E-state index contributed by atoms with van der Waals surface area (Å²) in [5.41, 5.74) is 9.84. The Kier molecular flexibility index (Phi) is 2.35. The van der Waals surface area contributed by atoms with Gasteiger partial charge in [0.15, 0.2) is 0 Å². The molecule has 0 aliphatic heterocycles. The van der Waals surface area contributed by atoms with Gasteiger partial charge < -0.3 is 5.73 Å². The fraction of sp³-hybridized carbons (Fsp3) is 0.727. The summed E-state index contributed by atoms with van der Waals surface area (Å²) in [7, 11) is 2.03. The molecule has 0 saturated heterocycles. The van der Waals surface area contributed by atoms with Crippen molar-refractivity contribution in [3.8, 4) is 0 Å². The molecule has 1 heterocycles. The van der Waals surface area contributed by atoms with Crippen LogP contribution in [0.3, 0.4) is 0 Å². The maximum atomic E-state index is 5.74. The van der Waals surface area contributed by atoms with E-state index >= 15 is 0 Å². The molecule has 0 radical (unpaired) electrons. The van der Waals surface area contributed by atoms with Gasteiger partial charge >= 0.3 is 0 Å². The standard InChI is InChI=1S/C11H19N3/c1-7(6-12)9-4-5-10-11(9)8(2)14(3)13-10/h7,9H,4-6,12H2,1-3H3. The van der Waals surface area contributed by atoms with Crippen molar-refractivity contribution in [2.24, 2.45) is 18.7 Å². The number of nitrogens with two attached hydrogens (primary N) is 1. The minimum atomic E-state index is 0.583. The van der Waals surface area contributed by atoms with Crippen LogP contribution in [0.2, 0.25) is 0 Å². The van der Waals surface area contributed by atoms with Gasteiger partial charge in [0, 0.05) is 12.7 Å². The molecule has 3 heteroatoms. The van der Waals surface area contributed by atoms with Gasteiger partial charge in [0.2, 0.25) is 0 Å². The predicted molar refractivity (Wildman–Crippen MR) is 57.2 cm³/mol. The van der Waals surface area contributed by atoms with E-state index < -0.39 is 0 Å². The van der Waals surface area contributed by atoms with Crippen LogP contribution in [0, 0.1) is 12.8 Å². The van der Waals surface area contributed by atoms with Gasteiger partial charge in [-0.25, -0.2) is 0 Å². The minimum absolute atomic E-state index is 0.583. The van der Waals surface area contributed by atoms with Gasteiger partial charge in [0.25, 0.3) is 0 Å². The zero-order valence-corrected chi connectivity index (χ0v) is 9.25. The summed E-state index contributed by atoms with van der Waals surface area (Å²) >= 11 is 0. The fourth-order valence-electron chi connectivity index (χ4n) is 2.53. The van der Waals surface area contributed by atoms with Gasteiger partial charge in [-0.1, -0.05) is 6.92 Å². The first-order valence-electron chi connectivity index (χ1n) is 5.37. The molecule has 0 amide bonds. The second-order valence-electron chi connectivity index (χ2n) is 4.43. The topological polar surface area (TPSA) is 43.8 Å². The molecule has 2 atom stereocenters. The molecule has 1 aromatic heterocycles. The highest BCUT2D eigenvalue weighted by molar-refractivity contribution is 5.34. The third kappa shape index (κ3) is 1.27. The summed E-state index contributed by atoms with van der Waals surface area (Å²) in [6, 6.07) is 0. The molecule has 0 fully saturated rings. The summed E-state index contributed by atoms with van der Waals surface area (Å²) in [5.74, 6) is 1.22. The summed E-state index contributed by atoms with van der Waals surface area (Å²) in [4.78, 5) is 0. The van der Waals surface area contributed by atoms with Crippen LogP contribution in [0.4, 0.5) is 0 Å². The van der Waals surface area contributed by atoms with Gasteiger partial charge in [0.05, 0.1) is 5.69 Å². The lowest BCUT2D eigenvalue weighted by molar-refractivity contribution is 0.460. The Bertz CT molecular complexity index is 341. The fourth-order valence-corrected chi connectivity index (χ4v) is 2.53. The van der Waals surface area contributed by atoms with E-state index in [1.807, 2.05) is 11.7 Å². The highest BCUT2D eigenvalue weighted by Crippen LogP contribution is 2.39. The second-order valence-corrected chi connectivity index (χ2v) is 4.43. The Balaban J connectivity index is 2.37. The van der Waals surface area contributed by atoms with Crippen LogP contribution in [0.5, 0.6) is 0 Å². The smallest absolute Gasteiger partial charge is 0.0662 e. The molecule has 1 aromatic rings. The Morgan fingerprint density at radius 1 is 1.64 bits per heavy atom. The molecule has 0 bridgehead atoms. The van der Waals surface area contributed by atoms with E-state index in [0.29, 0.717) is 11.8 Å². The Morgan fingerprint density at radius 3 is 3.00 bits per heavy atom. The summed E-state index contributed by atoms with van der Waals surface area (Å²) in [5, 5.41) is 4.53. The minimum Gasteiger partial charge on any atom is -0.330 e. The average molecular weight is 193 g/mol. The molecule has 2 N–H and O–H groups in total. The van der Waals surface area contributed by atoms with E-state index in [0.717, 1.165) is 13.0 Å². The molecule has 2 rings (SSSR count). The average Bonchev–Trinajstić information content (AvgIpc) is 2.68. The van der Waals surface area contributed by atoms with E-state index in [1.165, 1.54) is 23.4 Å². The lowest BCUT2D eigenvalue weighted by Crippen LogP contribution is -2.18. The van der Waals surface area contributed by atoms with Crippen molar-refractivity contribution < 1.29 is 0 Å². The number of rotatable bonds is 2. The molecular weight excluding hydrogens is 174 g/mol. The van der Waals surface area contributed by atoms with Gasteiger partial charge in [-0.2, -0.15) is 5.10 Å². The van der Waals surface area contributed by atoms with Crippen molar-refractivity contribution in [1.29, 1.82) is 0 Å². The van der Waals surface area contributed by atoms with Gasteiger partial charge in [0.1, 0.15) is 0 Å². The van der Waals surface area contributed by atoms with Crippen LogP contribution in [0.15, 0.2) is 0 Å².